The summed E-state index contributed by atoms with van der Waals surface area (Å²) in [6.45, 7) is 2.00. The maximum atomic E-state index is 8.66. The maximum Gasteiger partial charge on any atom is 0.159 e. The van der Waals surface area contributed by atoms with Gasteiger partial charge in [0.2, 0.25) is 0 Å². The molecule has 2 rings (SSSR count). The third-order valence-electron chi connectivity index (χ3n) is 1.76. The minimum Gasteiger partial charge on any atom is -0.304 e. The monoisotopic (exact) mass is 235 g/mol. The van der Waals surface area contributed by atoms with Crippen LogP contribution in [0.4, 0.5) is 0 Å². The number of hydrogen-bond donors (Lipinski definition) is 0. The molecule has 2 aromatic heterocycles. The summed E-state index contributed by atoms with van der Waals surface area (Å²) in [6, 6.07) is 3.99. The number of aryl methyl sites for hydroxylation is 1. The highest BCUT2D eigenvalue weighted by molar-refractivity contribution is 9.10. The molecule has 0 bridgehead atoms. The van der Waals surface area contributed by atoms with Crippen molar-refractivity contribution in [2.75, 3.05) is 0 Å². The van der Waals surface area contributed by atoms with Gasteiger partial charge in [0.1, 0.15) is 6.07 Å². The van der Waals surface area contributed by atoms with Crippen LogP contribution in [0.3, 0.4) is 0 Å². The van der Waals surface area contributed by atoms with Crippen molar-refractivity contribution in [1.82, 2.24) is 9.38 Å². The molecule has 0 amide bonds. The summed E-state index contributed by atoms with van der Waals surface area (Å²) < 4.78 is 2.76. The smallest absolute Gasteiger partial charge is 0.159 e. The number of pyridine rings is 1. The molecule has 3 nitrogen and oxygen atoms in total. The molecule has 0 aliphatic carbocycles. The van der Waals surface area contributed by atoms with Gasteiger partial charge in [0.05, 0.1) is 4.47 Å². The van der Waals surface area contributed by atoms with Gasteiger partial charge in [-0.2, -0.15) is 5.26 Å². The third-order valence-corrected chi connectivity index (χ3v) is 2.34. The van der Waals surface area contributed by atoms with Crippen molar-refractivity contribution in [1.29, 1.82) is 5.26 Å². The van der Waals surface area contributed by atoms with Crippen molar-refractivity contribution >= 4 is 21.6 Å². The summed E-state index contributed by atoms with van der Waals surface area (Å²) in [7, 11) is 0. The van der Waals surface area contributed by atoms with Crippen molar-refractivity contribution in [3.63, 3.8) is 0 Å². The molecule has 4 heteroatoms. The van der Waals surface area contributed by atoms with E-state index in [2.05, 4.69) is 20.9 Å². The van der Waals surface area contributed by atoms with Crippen LogP contribution >= 0.6 is 15.9 Å². The Morgan fingerprint density at radius 3 is 3.00 bits per heavy atom. The Hall–Kier alpha value is -1.34. The minimum atomic E-state index is 0.436. The first-order valence-electron chi connectivity index (χ1n) is 3.75. The Morgan fingerprint density at radius 2 is 2.31 bits per heavy atom. The average Bonchev–Trinajstić information content (AvgIpc) is 2.47. The highest BCUT2D eigenvalue weighted by Gasteiger charge is 2.04. The highest BCUT2D eigenvalue weighted by atomic mass is 79.9. The third kappa shape index (κ3) is 1.31. The molecular weight excluding hydrogens is 230 g/mol. The molecule has 0 fully saturated rings. The number of nitriles is 1. The van der Waals surface area contributed by atoms with Crippen molar-refractivity contribution in [2.24, 2.45) is 0 Å². The Balaban J connectivity index is 2.84. The van der Waals surface area contributed by atoms with Gasteiger partial charge in [0.25, 0.3) is 0 Å². The molecule has 0 aromatic carbocycles. The van der Waals surface area contributed by atoms with Crippen molar-refractivity contribution in [3.05, 3.63) is 34.2 Å². The number of halogens is 1. The zero-order valence-electron chi connectivity index (χ0n) is 6.95. The Bertz CT molecular complexity index is 507. The normalized spacial score (nSPS) is 10.2. The van der Waals surface area contributed by atoms with Crippen molar-refractivity contribution in [3.8, 4) is 6.07 Å². The predicted molar refractivity (Wildman–Crippen MR) is 52.3 cm³/mol. The van der Waals surface area contributed by atoms with Gasteiger partial charge >= 0.3 is 0 Å². The number of fused-ring (bicyclic) bond motifs is 1. The van der Waals surface area contributed by atoms with Gasteiger partial charge < -0.3 is 4.40 Å². The zero-order valence-corrected chi connectivity index (χ0v) is 8.54. The largest absolute Gasteiger partial charge is 0.304 e. The van der Waals surface area contributed by atoms with E-state index in [1.807, 2.05) is 29.7 Å². The first-order valence-corrected chi connectivity index (χ1v) is 4.55. The lowest BCUT2D eigenvalue weighted by Gasteiger charge is -1.97. The Morgan fingerprint density at radius 1 is 1.54 bits per heavy atom. The second-order valence-electron chi connectivity index (χ2n) is 2.83. The average molecular weight is 236 g/mol. The Kier molecular flexibility index (Phi) is 1.82. The summed E-state index contributed by atoms with van der Waals surface area (Å²) in [5, 5.41) is 8.66. The van der Waals surface area contributed by atoms with Crippen LogP contribution < -0.4 is 0 Å². The summed E-state index contributed by atoms with van der Waals surface area (Å²) in [5.74, 6) is 0. The lowest BCUT2D eigenvalue weighted by atomic mass is 10.3. The SMILES string of the molecule is Cc1cc(Br)c2nc(C#N)cn2c1. The van der Waals surface area contributed by atoms with Gasteiger partial charge in [0.15, 0.2) is 11.3 Å². The molecule has 2 heterocycles. The molecule has 0 aliphatic heterocycles. The first kappa shape index (κ1) is 8.27. The molecule has 0 spiro atoms. The van der Waals surface area contributed by atoms with E-state index in [0.29, 0.717) is 5.69 Å². The fourth-order valence-electron chi connectivity index (χ4n) is 1.24. The second-order valence-corrected chi connectivity index (χ2v) is 3.69. The molecule has 13 heavy (non-hydrogen) atoms. The number of rotatable bonds is 0. The molecular formula is C9H6BrN3. The molecule has 0 N–H and O–H groups in total. The molecule has 0 saturated carbocycles. The van der Waals surface area contributed by atoms with Crippen LogP contribution in [0.15, 0.2) is 22.9 Å². The van der Waals surface area contributed by atoms with Crippen LogP contribution in [-0.2, 0) is 0 Å². The quantitative estimate of drug-likeness (QED) is 0.704. The summed E-state index contributed by atoms with van der Waals surface area (Å²) in [6.07, 6.45) is 3.65. The van der Waals surface area contributed by atoms with E-state index in [-0.39, 0.29) is 0 Å². The predicted octanol–water partition coefficient (Wildman–Crippen LogP) is 2.28. The van der Waals surface area contributed by atoms with Gasteiger partial charge in [-0.3, -0.25) is 0 Å². The molecule has 0 atom stereocenters. The van der Waals surface area contributed by atoms with E-state index in [0.717, 1.165) is 15.7 Å². The van der Waals surface area contributed by atoms with E-state index in [4.69, 9.17) is 5.26 Å². The lowest BCUT2D eigenvalue weighted by molar-refractivity contribution is 1.15. The zero-order chi connectivity index (χ0) is 9.42. The number of nitrogens with zero attached hydrogens (tertiary/aromatic N) is 3. The summed E-state index contributed by atoms with van der Waals surface area (Å²) in [5.41, 5.74) is 2.34. The van der Waals surface area contributed by atoms with E-state index in [9.17, 15) is 0 Å². The molecule has 2 aromatic rings. The van der Waals surface area contributed by atoms with Gasteiger partial charge in [-0.25, -0.2) is 4.98 Å². The van der Waals surface area contributed by atoms with Crippen molar-refractivity contribution in [2.45, 2.75) is 6.92 Å². The standard InChI is InChI=1S/C9H6BrN3/c1-6-2-8(10)9-12-7(3-11)5-13(9)4-6/h2,4-5H,1H3. The van der Waals surface area contributed by atoms with E-state index < -0.39 is 0 Å². The van der Waals surface area contributed by atoms with E-state index in [1.54, 1.807) is 6.20 Å². The van der Waals surface area contributed by atoms with E-state index in [1.165, 1.54) is 0 Å². The number of hydrogen-bond acceptors (Lipinski definition) is 2. The van der Waals surface area contributed by atoms with Crippen LogP contribution in [0.5, 0.6) is 0 Å². The van der Waals surface area contributed by atoms with Gasteiger partial charge in [-0.15, -0.1) is 0 Å². The van der Waals surface area contributed by atoms with Crippen LogP contribution in [0.2, 0.25) is 0 Å². The van der Waals surface area contributed by atoms with Crippen LogP contribution in [0.1, 0.15) is 11.3 Å². The molecule has 64 valence electrons. The highest BCUT2D eigenvalue weighted by Crippen LogP contribution is 2.18. The van der Waals surface area contributed by atoms with Crippen LogP contribution in [0, 0.1) is 18.3 Å². The number of aromatic nitrogens is 2. The van der Waals surface area contributed by atoms with Crippen molar-refractivity contribution < 1.29 is 0 Å². The minimum absolute atomic E-state index is 0.436. The number of imidazole rings is 1. The van der Waals surface area contributed by atoms with E-state index >= 15 is 0 Å². The van der Waals surface area contributed by atoms with Gasteiger partial charge in [0, 0.05) is 12.4 Å². The topological polar surface area (TPSA) is 41.1 Å². The van der Waals surface area contributed by atoms with Gasteiger partial charge in [-0.05, 0) is 34.5 Å². The van der Waals surface area contributed by atoms with Crippen LogP contribution in [0.25, 0.3) is 5.65 Å². The molecule has 0 saturated heterocycles. The molecule has 0 aliphatic rings. The summed E-state index contributed by atoms with van der Waals surface area (Å²) >= 11 is 3.40. The summed E-state index contributed by atoms with van der Waals surface area (Å²) in [4.78, 5) is 4.13. The van der Waals surface area contributed by atoms with Crippen LogP contribution in [-0.4, -0.2) is 9.38 Å². The second kappa shape index (κ2) is 2.86. The lowest BCUT2D eigenvalue weighted by Crippen LogP contribution is -1.85. The fraction of sp³-hybridized carbons (Fsp3) is 0.111. The molecule has 0 radical (unpaired) electrons. The van der Waals surface area contributed by atoms with Gasteiger partial charge in [-0.1, -0.05) is 0 Å². The maximum absolute atomic E-state index is 8.66. The fourth-order valence-corrected chi connectivity index (χ4v) is 1.90. The first-order chi connectivity index (χ1) is 6.20. The Labute approximate surface area is 83.8 Å². The molecule has 0 unspecified atom stereocenters.